The van der Waals surface area contributed by atoms with E-state index in [9.17, 15) is 4.79 Å². The molecule has 1 N–H and O–H groups in total. The third-order valence-electron chi connectivity index (χ3n) is 4.80. The molecule has 2 aliphatic heterocycles. The fourth-order valence-electron chi connectivity index (χ4n) is 3.86. The summed E-state index contributed by atoms with van der Waals surface area (Å²) in [6, 6.07) is 13.4. The van der Waals surface area contributed by atoms with Gasteiger partial charge >= 0.3 is 0 Å². The van der Waals surface area contributed by atoms with E-state index in [-0.39, 0.29) is 5.56 Å². The van der Waals surface area contributed by atoms with Gasteiger partial charge in [-0.25, -0.2) is 0 Å². The maximum atomic E-state index is 12.3. The van der Waals surface area contributed by atoms with Gasteiger partial charge in [0.15, 0.2) is 0 Å². The van der Waals surface area contributed by atoms with E-state index >= 15 is 0 Å². The van der Waals surface area contributed by atoms with Gasteiger partial charge in [0, 0.05) is 36.3 Å². The average molecular weight is 291 g/mol. The molecule has 4 rings (SSSR count). The largest absolute Gasteiger partial charge is 0.316 e. The Balaban J connectivity index is 1.93. The van der Waals surface area contributed by atoms with E-state index in [4.69, 9.17) is 5.26 Å². The SMILES string of the molecule is N#Cc1cccc(-c2ccc(=O)n3c2C2CNCC(C2)C3)c1. The molecule has 1 aromatic carbocycles. The van der Waals surface area contributed by atoms with Gasteiger partial charge < -0.3 is 9.88 Å². The number of piperidine rings is 1. The molecule has 0 spiro atoms. The zero-order valence-electron chi connectivity index (χ0n) is 12.2. The molecular weight excluding hydrogens is 274 g/mol. The van der Waals surface area contributed by atoms with Crippen molar-refractivity contribution in [2.45, 2.75) is 18.9 Å². The summed E-state index contributed by atoms with van der Waals surface area (Å²) >= 11 is 0. The average Bonchev–Trinajstić information content (AvgIpc) is 2.56. The van der Waals surface area contributed by atoms with E-state index in [1.807, 2.05) is 34.9 Å². The highest BCUT2D eigenvalue weighted by atomic mass is 16.1. The van der Waals surface area contributed by atoms with Crippen LogP contribution in [0.25, 0.3) is 11.1 Å². The lowest BCUT2D eigenvalue weighted by Crippen LogP contribution is -2.45. The van der Waals surface area contributed by atoms with Crippen molar-refractivity contribution < 1.29 is 0 Å². The number of nitriles is 1. The van der Waals surface area contributed by atoms with Crippen molar-refractivity contribution >= 4 is 0 Å². The molecule has 2 bridgehead atoms. The van der Waals surface area contributed by atoms with Gasteiger partial charge in [-0.05, 0) is 42.6 Å². The second-order valence-electron chi connectivity index (χ2n) is 6.23. The van der Waals surface area contributed by atoms with Gasteiger partial charge in [-0.15, -0.1) is 0 Å². The Morgan fingerprint density at radius 3 is 3.00 bits per heavy atom. The second kappa shape index (κ2) is 5.11. The van der Waals surface area contributed by atoms with Crippen LogP contribution in [0.5, 0.6) is 0 Å². The third-order valence-corrected chi connectivity index (χ3v) is 4.80. The number of hydrogen-bond acceptors (Lipinski definition) is 3. The van der Waals surface area contributed by atoms with E-state index in [0.29, 0.717) is 17.4 Å². The van der Waals surface area contributed by atoms with Crippen LogP contribution in [0.2, 0.25) is 0 Å². The monoisotopic (exact) mass is 291 g/mol. The number of aromatic nitrogens is 1. The molecule has 0 aliphatic carbocycles. The second-order valence-corrected chi connectivity index (χ2v) is 6.23. The Kier molecular flexibility index (Phi) is 3.09. The van der Waals surface area contributed by atoms with E-state index in [0.717, 1.165) is 42.9 Å². The van der Waals surface area contributed by atoms with Crippen LogP contribution in [0.15, 0.2) is 41.2 Å². The van der Waals surface area contributed by atoms with Crippen molar-refractivity contribution in [3.05, 3.63) is 58.0 Å². The quantitative estimate of drug-likeness (QED) is 0.875. The minimum atomic E-state index is 0.0896. The minimum Gasteiger partial charge on any atom is -0.316 e. The van der Waals surface area contributed by atoms with Crippen LogP contribution in [0, 0.1) is 17.2 Å². The Morgan fingerprint density at radius 1 is 1.23 bits per heavy atom. The van der Waals surface area contributed by atoms with Gasteiger partial charge in [-0.1, -0.05) is 12.1 Å². The van der Waals surface area contributed by atoms with E-state index < -0.39 is 0 Å². The topological polar surface area (TPSA) is 57.8 Å². The number of rotatable bonds is 1. The Labute approximate surface area is 129 Å². The molecule has 4 nitrogen and oxygen atoms in total. The van der Waals surface area contributed by atoms with Crippen LogP contribution in [0.3, 0.4) is 0 Å². The number of nitrogens with one attached hydrogen (secondary N) is 1. The predicted molar refractivity (Wildman–Crippen MR) is 84.6 cm³/mol. The molecule has 1 fully saturated rings. The molecule has 3 heterocycles. The Morgan fingerprint density at radius 2 is 2.14 bits per heavy atom. The maximum Gasteiger partial charge on any atom is 0.250 e. The van der Waals surface area contributed by atoms with Crippen molar-refractivity contribution in [1.82, 2.24) is 9.88 Å². The first-order chi connectivity index (χ1) is 10.8. The molecule has 2 atom stereocenters. The van der Waals surface area contributed by atoms with Crippen LogP contribution >= 0.6 is 0 Å². The highest BCUT2D eigenvalue weighted by Gasteiger charge is 2.32. The summed E-state index contributed by atoms with van der Waals surface area (Å²) in [7, 11) is 0. The van der Waals surface area contributed by atoms with Gasteiger partial charge in [0.05, 0.1) is 11.6 Å². The van der Waals surface area contributed by atoms with Gasteiger partial charge in [0.2, 0.25) is 0 Å². The standard InChI is InChI=1S/C18H17N3O/c19-8-12-2-1-3-14(6-12)16-4-5-17(22)21-11-13-7-15(18(16)21)10-20-9-13/h1-6,13,15,20H,7,9-11H2. The van der Waals surface area contributed by atoms with Gasteiger partial charge in [-0.2, -0.15) is 5.26 Å². The van der Waals surface area contributed by atoms with Crippen LogP contribution in [0.1, 0.15) is 23.6 Å². The summed E-state index contributed by atoms with van der Waals surface area (Å²) in [5.41, 5.74) is 3.98. The lowest BCUT2D eigenvalue weighted by Gasteiger charge is -2.38. The van der Waals surface area contributed by atoms with Crippen molar-refractivity contribution in [3.8, 4) is 17.2 Å². The summed E-state index contributed by atoms with van der Waals surface area (Å²) in [5, 5.41) is 12.6. The summed E-state index contributed by atoms with van der Waals surface area (Å²) in [6.07, 6.45) is 1.14. The van der Waals surface area contributed by atoms with E-state index in [1.165, 1.54) is 0 Å². The maximum absolute atomic E-state index is 12.3. The normalized spacial score (nSPS) is 22.7. The molecule has 2 unspecified atom stereocenters. The molecular formula is C18H17N3O. The fourth-order valence-corrected chi connectivity index (χ4v) is 3.86. The first kappa shape index (κ1) is 13.3. The summed E-state index contributed by atoms with van der Waals surface area (Å²) in [5.74, 6) is 0.923. The molecule has 1 aromatic heterocycles. The zero-order valence-corrected chi connectivity index (χ0v) is 12.2. The third kappa shape index (κ3) is 2.06. The van der Waals surface area contributed by atoms with Crippen LogP contribution < -0.4 is 10.9 Å². The molecule has 0 amide bonds. The first-order valence-corrected chi connectivity index (χ1v) is 7.71. The highest BCUT2D eigenvalue weighted by Crippen LogP contribution is 2.37. The minimum absolute atomic E-state index is 0.0896. The number of hydrogen-bond donors (Lipinski definition) is 1. The summed E-state index contributed by atoms with van der Waals surface area (Å²) in [6.45, 7) is 2.71. The van der Waals surface area contributed by atoms with Crippen molar-refractivity contribution in [1.29, 1.82) is 5.26 Å². The molecule has 4 heteroatoms. The lowest BCUT2D eigenvalue weighted by molar-refractivity contribution is 0.258. The zero-order chi connectivity index (χ0) is 15.1. The molecule has 0 saturated carbocycles. The Hall–Kier alpha value is -2.38. The molecule has 22 heavy (non-hydrogen) atoms. The van der Waals surface area contributed by atoms with Crippen LogP contribution in [0.4, 0.5) is 0 Å². The van der Waals surface area contributed by atoms with Gasteiger partial charge in [0.1, 0.15) is 0 Å². The van der Waals surface area contributed by atoms with Crippen molar-refractivity contribution in [3.63, 3.8) is 0 Å². The van der Waals surface area contributed by atoms with E-state index in [1.54, 1.807) is 6.07 Å². The molecule has 2 aliphatic rings. The molecule has 1 saturated heterocycles. The highest BCUT2D eigenvalue weighted by molar-refractivity contribution is 5.68. The fraction of sp³-hybridized carbons (Fsp3) is 0.333. The van der Waals surface area contributed by atoms with Crippen molar-refractivity contribution in [2.24, 2.45) is 5.92 Å². The van der Waals surface area contributed by atoms with Crippen molar-refractivity contribution in [2.75, 3.05) is 13.1 Å². The molecule has 110 valence electrons. The predicted octanol–water partition coefficient (Wildman–Crippen LogP) is 2.09. The van der Waals surface area contributed by atoms with Gasteiger partial charge in [0.25, 0.3) is 5.56 Å². The number of pyridine rings is 1. The van der Waals surface area contributed by atoms with Gasteiger partial charge in [-0.3, -0.25) is 4.79 Å². The number of nitrogens with zero attached hydrogens (tertiary/aromatic N) is 2. The Bertz CT molecular complexity index is 831. The smallest absolute Gasteiger partial charge is 0.250 e. The summed E-state index contributed by atoms with van der Waals surface area (Å²) < 4.78 is 1.95. The molecule has 2 aromatic rings. The number of benzene rings is 1. The van der Waals surface area contributed by atoms with Crippen LogP contribution in [-0.2, 0) is 6.54 Å². The van der Waals surface area contributed by atoms with Crippen LogP contribution in [-0.4, -0.2) is 17.7 Å². The number of fused-ring (bicyclic) bond motifs is 4. The van der Waals surface area contributed by atoms with E-state index in [2.05, 4.69) is 11.4 Å². The molecule has 0 radical (unpaired) electrons. The lowest BCUT2D eigenvalue weighted by atomic mass is 9.81. The first-order valence-electron chi connectivity index (χ1n) is 7.71. The summed E-state index contributed by atoms with van der Waals surface area (Å²) in [4.78, 5) is 12.3.